The zero-order valence-corrected chi connectivity index (χ0v) is 13.6. The van der Waals surface area contributed by atoms with Crippen molar-refractivity contribution in [2.24, 2.45) is 0 Å². The molecule has 2 rings (SSSR count). The summed E-state index contributed by atoms with van der Waals surface area (Å²) in [6.07, 6.45) is 0. The Balaban J connectivity index is 2.23. The highest BCUT2D eigenvalue weighted by atomic mass is 79.9. The highest BCUT2D eigenvalue weighted by molar-refractivity contribution is 9.10. The fraction of sp³-hybridized carbons (Fsp3) is 0.308. The molecular formula is C13H14BrClN2S. The summed E-state index contributed by atoms with van der Waals surface area (Å²) in [5, 5.41) is 5.21. The molecule has 1 heterocycles. The summed E-state index contributed by atoms with van der Waals surface area (Å²) in [4.78, 5) is 5.81. The lowest BCUT2D eigenvalue weighted by Crippen LogP contribution is -2.08. The van der Waals surface area contributed by atoms with E-state index in [2.05, 4.69) is 40.1 Å². The van der Waals surface area contributed by atoms with Crippen molar-refractivity contribution in [3.63, 3.8) is 0 Å². The molecule has 0 saturated carbocycles. The average molecular weight is 346 g/mol. The van der Waals surface area contributed by atoms with E-state index >= 15 is 0 Å². The molecule has 1 N–H and O–H groups in total. The first kappa shape index (κ1) is 13.8. The van der Waals surface area contributed by atoms with Crippen molar-refractivity contribution in [2.45, 2.75) is 26.8 Å². The van der Waals surface area contributed by atoms with Crippen LogP contribution in [0.25, 0.3) is 0 Å². The molecule has 0 aliphatic carbocycles. The molecule has 96 valence electrons. The van der Waals surface area contributed by atoms with Gasteiger partial charge in [0.25, 0.3) is 0 Å². The number of thiazole rings is 1. The van der Waals surface area contributed by atoms with E-state index in [0.717, 1.165) is 25.9 Å². The molecule has 1 atom stereocenters. The second-order valence-electron chi connectivity index (χ2n) is 4.16. The predicted octanol–water partition coefficient (Wildman–Crippen LogP) is 5.35. The van der Waals surface area contributed by atoms with E-state index in [9.17, 15) is 0 Å². The number of aromatic nitrogens is 1. The summed E-state index contributed by atoms with van der Waals surface area (Å²) < 4.78 is 1.01. The Morgan fingerprint density at radius 3 is 2.72 bits per heavy atom. The smallest absolute Gasteiger partial charge is 0.0901 e. The van der Waals surface area contributed by atoms with Crippen LogP contribution in [0.4, 0.5) is 5.69 Å². The van der Waals surface area contributed by atoms with Gasteiger partial charge in [0.2, 0.25) is 0 Å². The van der Waals surface area contributed by atoms with E-state index in [1.165, 1.54) is 4.88 Å². The van der Waals surface area contributed by atoms with Crippen molar-refractivity contribution in [3.05, 3.63) is 43.3 Å². The van der Waals surface area contributed by atoms with Crippen LogP contribution in [0.2, 0.25) is 5.02 Å². The minimum atomic E-state index is 0.141. The maximum absolute atomic E-state index is 6.17. The maximum atomic E-state index is 6.17. The maximum Gasteiger partial charge on any atom is 0.0901 e. The van der Waals surface area contributed by atoms with E-state index in [-0.39, 0.29) is 6.04 Å². The fourth-order valence-corrected chi connectivity index (χ4v) is 3.30. The Hall–Kier alpha value is -0.580. The molecule has 0 bridgehead atoms. The van der Waals surface area contributed by atoms with Gasteiger partial charge in [-0.05, 0) is 39.0 Å². The molecule has 0 aliphatic heterocycles. The number of anilines is 1. The first-order valence-electron chi connectivity index (χ1n) is 5.63. The number of nitrogens with zero attached hydrogens (tertiary/aromatic N) is 1. The zero-order chi connectivity index (χ0) is 13.3. The lowest BCUT2D eigenvalue weighted by Gasteiger charge is -2.15. The van der Waals surface area contributed by atoms with Gasteiger partial charge >= 0.3 is 0 Å². The molecule has 2 nitrogen and oxygen atoms in total. The van der Waals surface area contributed by atoms with Crippen molar-refractivity contribution in [3.8, 4) is 0 Å². The summed E-state index contributed by atoms with van der Waals surface area (Å²) in [6, 6.07) is 5.92. The molecule has 1 unspecified atom stereocenters. The van der Waals surface area contributed by atoms with Gasteiger partial charge in [0.1, 0.15) is 0 Å². The number of aryl methyl sites for hydroxylation is 2. The number of benzene rings is 1. The summed E-state index contributed by atoms with van der Waals surface area (Å²) in [5.74, 6) is 0. The number of hydrogen-bond acceptors (Lipinski definition) is 3. The Kier molecular flexibility index (Phi) is 4.30. The topological polar surface area (TPSA) is 24.9 Å². The normalized spacial score (nSPS) is 12.5. The van der Waals surface area contributed by atoms with Crippen LogP contribution in [0.5, 0.6) is 0 Å². The van der Waals surface area contributed by atoms with E-state index < -0.39 is 0 Å². The fourth-order valence-electron chi connectivity index (χ4n) is 1.86. The third kappa shape index (κ3) is 3.05. The largest absolute Gasteiger partial charge is 0.376 e. The predicted molar refractivity (Wildman–Crippen MR) is 82.8 cm³/mol. The summed E-state index contributed by atoms with van der Waals surface area (Å²) >= 11 is 11.3. The van der Waals surface area contributed by atoms with Gasteiger partial charge < -0.3 is 5.32 Å². The molecule has 0 amide bonds. The zero-order valence-electron chi connectivity index (χ0n) is 10.4. The van der Waals surface area contributed by atoms with Crippen LogP contribution in [0, 0.1) is 13.8 Å². The molecule has 1 aromatic carbocycles. The van der Waals surface area contributed by atoms with E-state index in [4.69, 9.17) is 11.6 Å². The van der Waals surface area contributed by atoms with Crippen LogP contribution >= 0.6 is 38.9 Å². The van der Waals surface area contributed by atoms with Crippen LogP contribution in [0.3, 0.4) is 0 Å². The Labute approximate surface area is 125 Å². The minimum absolute atomic E-state index is 0.141. The average Bonchev–Trinajstić information content (AvgIpc) is 2.63. The van der Waals surface area contributed by atoms with Gasteiger partial charge in [-0.3, -0.25) is 0 Å². The second kappa shape index (κ2) is 5.59. The van der Waals surface area contributed by atoms with Crippen molar-refractivity contribution in [1.82, 2.24) is 4.98 Å². The molecule has 1 aromatic heterocycles. The minimum Gasteiger partial charge on any atom is -0.376 e. The van der Waals surface area contributed by atoms with Crippen LogP contribution in [-0.4, -0.2) is 4.98 Å². The molecule has 5 heteroatoms. The van der Waals surface area contributed by atoms with Gasteiger partial charge in [-0.25, -0.2) is 4.98 Å². The number of hydrogen-bond donors (Lipinski definition) is 1. The molecule has 0 spiro atoms. The van der Waals surface area contributed by atoms with Crippen LogP contribution < -0.4 is 5.32 Å². The van der Waals surface area contributed by atoms with Gasteiger partial charge in [0.15, 0.2) is 0 Å². The number of halogens is 2. The van der Waals surface area contributed by atoms with Crippen molar-refractivity contribution in [1.29, 1.82) is 0 Å². The monoisotopic (exact) mass is 344 g/mol. The molecular weight excluding hydrogens is 332 g/mol. The molecule has 0 fully saturated rings. The molecule has 0 aliphatic rings. The van der Waals surface area contributed by atoms with E-state index in [1.807, 2.05) is 25.1 Å². The lowest BCUT2D eigenvalue weighted by molar-refractivity contribution is 0.837. The third-order valence-electron chi connectivity index (χ3n) is 2.65. The quantitative estimate of drug-likeness (QED) is 0.811. The number of rotatable bonds is 3. The van der Waals surface area contributed by atoms with Crippen molar-refractivity contribution in [2.75, 3.05) is 5.32 Å². The Morgan fingerprint density at radius 1 is 1.39 bits per heavy atom. The summed E-state index contributed by atoms with van der Waals surface area (Å²) in [6.45, 7) is 6.22. The molecule has 0 saturated heterocycles. The van der Waals surface area contributed by atoms with Gasteiger partial charge in [0.05, 0.1) is 27.5 Å². The highest BCUT2D eigenvalue weighted by Crippen LogP contribution is 2.30. The highest BCUT2D eigenvalue weighted by Gasteiger charge is 2.14. The Bertz CT molecular complexity index is 568. The van der Waals surface area contributed by atoms with Crippen molar-refractivity contribution >= 4 is 44.6 Å². The second-order valence-corrected chi connectivity index (χ2v) is 6.89. The first-order chi connectivity index (χ1) is 8.47. The third-order valence-corrected chi connectivity index (χ3v) is 4.37. The lowest BCUT2D eigenvalue weighted by atomic mass is 10.2. The van der Waals surface area contributed by atoms with Gasteiger partial charge in [0, 0.05) is 9.35 Å². The molecule has 18 heavy (non-hydrogen) atoms. The van der Waals surface area contributed by atoms with Crippen LogP contribution in [0.1, 0.15) is 28.5 Å². The van der Waals surface area contributed by atoms with Crippen LogP contribution in [0.15, 0.2) is 22.7 Å². The van der Waals surface area contributed by atoms with Gasteiger partial charge in [-0.15, -0.1) is 11.3 Å². The van der Waals surface area contributed by atoms with Gasteiger partial charge in [-0.2, -0.15) is 0 Å². The van der Waals surface area contributed by atoms with E-state index in [1.54, 1.807) is 11.3 Å². The molecule has 0 radical (unpaired) electrons. The first-order valence-corrected chi connectivity index (χ1v) is 7.61. The number of nitrogens with one attached hydrogen (secondary N) is 1. The van der Waals surface area contributed by atoms with Gasteiger partial charge in [-0.1, -0.05) is 27.5 Å². The SMILES string of the molecule is Cc1nc(C(C)Nc2cc(Br)ccc2Cl)c(C)s1. The van der Waals surface area contributed by atoms with Crippen molar-refractivity contribution < 1.29 is 0 Å². The Morgan fingerprint density at radius 2 is 2.11 bits per heavy atom. The summed E-state index contributed by atoms with van der Waals surface area (Å²) in [5.41, 5.74) is 2.01. The van der Waals surface area contributed by atoms with Crippen LogP contribution in [-0.2, 0) is 0 Å². The summed E-state index contributed by atoms with van der Waals surface area (Å²) in [7, 11) is 0. The van der Waals surface area contributed by atoms with E-state index in [0.29, 0.717) is 0 Å². The standard InChI is InChI=1S/C13H14BrClN2S/c1-7(13-8(2)18-9(3)17-13)16-12-6-10(14)4-5-11(12)15/h4-7,16H,1-3H3. The molecule has 2 aromatic rings.